The second-order valence-electron chi connectivity index (χ2n) is 4.28. The minimum absolute atomic E-state index is 0.228. The number of aryl methyl sites for hydroxylation is 1. The van der Waals surface area contributed by atoms with E-state index in [4.69, 9.17) is 4.74 Å². The summed E-state index contributed by atoms with van der Waals surface area (Å²) in [5.74, 6) is 0. The minimum Gasteiger partial charge on any atom is -0.453 e. The lowest BCUT2D eigenvalue weighted by Gasteiger charge is -2.35. The average molecular weight is 234 g/mol. The fourth-order valence-electron chi connectivity index (χ4n) is 2.10. The SMILES string of the molecule is COC(=O)N1CCN(c2cccc(C)c2)CC1. The second kappa shape index (κ2) is 5.08. The summed E-state index contributed by atoms with van der Waals surface area (Å²) >= 11 is 0. The van der Waals surface area contributed by atoms with Crippen LogP contribution in [0.5, 0.6) is 0 Å². The van der Waals surface area contributed by atoms with Crippen LogP contribution in [0, 0.1) is 6.92 Å². The predicted octanol–water partition coefficient (Wildman–Crippen LogP) is 1.88. The van der Waals surface area contributed by atoms with Crippen LogP contribution >= 0.6 is 0 Å². The third kappa shape index (κ3) is 2.70. The van der Waals surface area contributed by atoms with E-state index in [0.29, 0.717) is 0 Å². The summed E-state index contributed by atoms with van der Waals surface area (Å²) in [6.45, 7) is 5.26. The number of hydrogen-bond acceptors (Lipinski definition) is 3. The third-order valence-electron chi connectivity index (χ3n) is 3.08. The van der Waals surface area contributed by atoms with Gasteiger partial charge in [-0.15, -0.1) is 0 Å². The summed E-state index contributed by atoms with van der Waals surface area (Å²) < 4.78 is 4.72. The van der Waals surface area contributed by atoms with Crippen LogP contribution < -0.4 is 4.90 Å². The molecule has 1 heterocycles. The zero-order valence-corrected chi connectivity index (χ0v) is 10.3. The first kappa shape index (κ1) is 11.8. The van der Waals surface area contributed by atoms with Gasteiger partial charge in [-0.3, -0.25) is 0 Å². The molecule has 2 rings (SSSR count). The van der Waals surface area contributed by atoms with Gasteiger partial charge in [0.2, 0.25) is 0 Å². The topological polar surface area (TPSA) is 32.8 Å². The highest BCUT2D eigenvalue weighted by Gasteiger charge is 2.21. The number of carbonyl (C=O) groups excluding carboxylic acids is 1. The van der Waals surface area contributed by atoms with Crippen molar-refractivity contribution in [1.82, 2.24) is 4.90 Å². The van der Waals surface area contributed by atoms with Gasteiger partial charge in [0, 0.05) is 31.9 Å². The van der Waals surface area contributed by atoms with Crippen LogP contribution in [-0.2, 0) is 4.74 Å². The Hall–Kier alpha value is -1.71. The molecule has 4 heteroatoms. The molecule has 1 amide bonds. The summed E-state index contributed by atoms with van der Waals surface area (Å²) in [6, 6.07) is 8.44. The van der Waals surface area contributed by atoms with Crippen LogP contribution in [0.15, 0.2) is 24.3 Å². The molecule has 0 atom stereocenters. The van der Waals surface area contributed by atoms with Gasteiger partial charge in [0.1, 0.15) is 0 Å². The van der Waals surface area contributed by atoms with Crippen molar-refractivity contribution >= 4 is 11.8 Å². The van der Waals surface area contributed by atoms with Gasteiger partial charge in [-0.25, -0.2) is 4.79 Å². The fourth-order valence-corrected chi connectivity index (χ4v) is 2.10. The molecule has 1 aliphatic heterocycles. The van der Waals surface area contributed by atoms with E-state index in [0.717, 1.165) is 26.2 Å². The molecule has 0 saturated carbocycles. The molecule has 1 saturated heterocycles. The Morgan fingerprint density at radius 2 is 1.94 bits per heavy atom. The molecular weight excluding hydrogens is 216 g/mol. The lowest BCUT2D eigenvalue weighted by atomic mass is 10.2. The van der Waals surface area contributed by atoms with Crippen molar-refractivity contribution in [2.24, 2.45) is 0 Å². The van der Waals surface area contributed by atoms with Crippen LogP contribution in [-0.4, -0.2) is 44.3 Å². The van der Waals surface area contributed by atoms with E-state index in [2.05, 4.69) is 36.1 Å². The van der Waals surface area contributed by atoms with E-state index in [-0.39, 0.29) is 6.09 Å². The first-order chi connectivity index (χ1) is 8.20. The van der Waals surface area contributed by atoms with Crippen molar-refractivity contribution in [3.05, 3.63) is 29.8 Å². The van der Waals surface area contributed by atoms with E-state index < -0.39 is 0 Å². The first-order valence-electron chi connectivity index (χ1n) is 5.85. The van der Waals surface area contributed by atoms with Gasteiger partial charge >= 0.3 is 6.09 Å². The standard InChI is InChI=1S/C13H18N2O2/c1-11-4-3-5-12(10-11)14-6-8-15(9-7-14)13(16)17-2/h3-5,10H,6-9H2,1-2H3. The quantitative estimate of drug-likeness (QED) is 0.744. The summed E-state index contributed by atoms with van der Waals surface area (Å²) in [7, 11) is 1.43. The van der Waals surface area contributed by atoms with E-state index >= 15 is 0 Å². The number of ether oxygens (including phenoxy) is 1. The zero-order valence-electron chi connectivity index (χ0n) is 10.3. The summed E-state index contributed by atoms with van der Waals surface area (Å²) in [6.07, 6.45) is -0.228. The molecule has 0 aromatic heterocycles. The number of piperazine rings is 1. The summed E-state index contributed by atoms with van der Waals surface area (Å²) in [5.41, 5.74) is 2.49. The normalized spacial score (nSPS) is 15.9. The van der Waals surface area contributed by atoms with Gasteiger partial charge in [-0.2, -0.15) is 0 Å². The number of rotatable bonds is 1. The smallest absolute Gasteiger partial charge is 0.409 e. The Morgan fingerprint density at radius 1 is 1.24 bits per heavy atom. The van der Waals surface area contributed by atoms with E-state index in [9.17, 15) is 4.79 Å². The van der Waals surface area contributed by atoms with Gasteiger partial charge < -0.3 is 14.5 Å². The van der Waals surface area contributed by atoms with Crippen molar-refractivity contribution in [3.8, 4) is 0 Å². The summed E-state index contributed by atoms with van der Waals surface area (Å²) in [5, 5.41) is 0. The number of nitrogens with zero attached hydrogens (tertiary/aromatic N) is 2. The Balaban J connectivity index is 1.97. The maximum Gasteiger partial charge on any atom is 0.409 e. The van der Waals surface area contributed by atoms with E-state index in [1.165, 1.54) is 18.4 Å². The minimum atomic E-state index is -0.228. The molecular formula is C13H18N2O2. The Bertz CT molecular complexity index is 398. The molecule has 1 aromatic rings. The number of anilines is 1. The zero-order chi connectivity index (χ0) is 12.3. The van der Waals surface area contributed by atoms with Crippen molar-refractivity contribution in [2.45, 2.75) is 6.92 Å². The third-order valence-corrected chi connectivity index (χ3v) is 3.08. The maximum absolute atomic E-state index is 11.3. The Kier molecular flexibility index (Phi) is 3.52. The van der Waals surface area contributed by atoms with Gasteiger partial charge in [0.05, 0.1) is 7.11 Å². The molecule has 0 spiro atoms. The molecule has 0 N–H and O–H groups in total. The van der Waals surface area contributed by atoms with Gasteiger partial charge in [-0.1, -0.05) is 12.1 Å². The lowest BCUT2D eigenvalue weighted by molar-refractivity contribution is 0.121. The van der Waals surface area contributed by atoms with E-state index in [1.54, 1.807) is 4.90 Å². The Labute approximate surface area is 102 Å². The number of methoxy groups -OCH3 is 1. The average Bonchev–Trinajstić information content (AvgIpc) is 2.38. The van der Waals surface area contributed by atoms with Crippen LogP contribution in [0.1, 0.15) is 5.56 Å². The van der Waals surface area contributed by atoms with Crippen LogP contribution in [0.3, 0.4) is 0 Å². The molecule has 0 radical (unpaired) electrons. The highest BCUT2D eigenvalue weighted by Crippen LogP contribution is 2.17. The van der Waals surface area contributed by atoms with Crippen molar-refractivity contribution in [3.63, 3.8) is 0 Å². The molecule has 1 aromatic carbocycles. The Morgan fingerprint density at radius 3 is 2.53 bits per heavy atom. The number of benzene rings is 1. The molecule has 0 unspecified atom stereocenters. The van der Waals surface area contributed by atoms with Crippen molar-refractivity contribution in [1.29, 1.82) is 0 Å². The largest absolute Gasteiger partial charge is 0.453 e. The van der Waals surface area contributed by atoms with Gasteiger partial charge in [-0.05, 0) is 24.6 Å². The predicted molar refractivity (Wildman–Crippen MR) is 67.4 cm³/mol. The molecule has 4 nitrogen and oxygen atoms in total. The fraction of sp³-hybridized carbons (Fsp3) is 0.462. The molecule has 17 heavy (non-hydrogen) atoms. The maximum atomic E-state index is 11.3. The van der Waals surface area contributed by atoms with Gasteiger partial charge in [0.15, 0.2) is 0 Å². The molecule has 1 fully saturated rings. The van der Waals surface area contributed by atoms with E-state index in [1.807, 2.05) is 0 Å². The monoisotopic (exact) mass is 234 g/mol. The second-order valence-corrected chi connectivity index (χ2v) is 4.28. The van der Waals surface area contributed by atoms with Crippen LogP contribution in [0.4, 0.5) is 10.5 Å². The molecule has 1 aliphatic rings. The highest BCUT2D eigenvalue weighted by molar-refractivity contribution is 5.68. The molecule has 0 aliphatic carbocycles. The number of hydrogen-bond donors (Lipinski definition) is 0. The lowest BCUT2D eigenvalue weighted by Crippen LogP contribution is -2.48. The van der Waals surface area contributed by atoms with Crippen molar-refractivity contribution in [2.75, 3.05) is 38.2 Å². The van der Waals surface area contributed by atoms with Crippen LogP contribution in [0.25, 0.3) is 0 Å². The highest BCUT2D eigenvalue weighted by atomic mass is 16.5. The number of amides is 1. The van der Waals surface area contributed by atoms with Crippen molar-refractivity contribution < 1.29 is 9.53 Å². The number of carbonyl (C=O) groups is 1. The summed E-state index contributed by atoms with van der Waals surface area (Å²) in [4.78, 5) is 15.4. The first-order valence-corrected chi connectivity index (χ1v) is 5.85. The van der Waals surface area contributed by atoms with Gasteiger partial charge in [0.25, 0.3) is 0 Å². The molecule has 0 bridgehead atoms. The van der Waals surface area contributed by atoms with Crippen LogP contribution in [0.2, 0.25) is 0 Å². The molecule has 92 valence electrons.